The second-order valence-electron chi connectivity index (χ2n) is 6.91. The van der Waals surface area contributed by atoms with Crippen LogP contribution in [0.4, 0.5) is 0 Å². The summed E-state index contributed by atoms with van der Waals surface area (Å²) in [5.41, 5.74) is 2.69. The van der Waals surface area contributed by atoms with Crippen LogP contribution >= 0.6 is 11.8 Å². The lowest BCUT2D eigenvalue weighted by molar-refractivity contribution is 0.102. The fourth-order valence-corrected chi connectivity index (χ4v) is 4.24. The van der Waals surface area contributed by atoms with Gasteiger partial charge in [-0.2, -0.15) is 0 Å². The highest BCUT2D eigenvalue weighted by atomic mass is 32.2. The zero-order valence-electron chi connectivity index (χ0n) is 15.0. The number of aromatic nitrogens is 4. The molecule has 0 saturated heterocycles. The number of Topliss-reactive ketones (excluding diaryl/α,β-unsaturated/α-hetero) is 1. The number of fused-ring (bicyclic) bond motifs is 1. The molecule has 1 aliphatic rings. The van der Waals surface area contributed by atoms with E-state index >= 15 is 0 Å². The Morgan fingerprint density at radius 2 is 1.93 bits per heavy atom. The first kappa shape index (κ1) is 17.1. The van der Waals surface area contributed by atoms with Crippen molar-refractivity contribution in [1.82, 2.24) is 19.7 Å². The van der Waals surface area contributed by atoms with Gasteiger partial charge in [0.2, 0.25) is 0 Å². The Morgan fingerprint density at radius 1 is 1.14 bits per heavy atom. The van der Waals surface area contributed by atoms with Crippen LogP contribution in [0, 0.1) is 0 Å². The molecule has 5 rings (SSSR count). The first-order chi connectivity index (χ1) is 13.7. The number of nitrogens with one attached hydrogen (secondary N) is 1. The van der Waals surface area contributed by atoms with E-state index in [2.05, 4.69) is 25.8 Å². The van der Waals surface area contributed by atoms with Crippen molar-refractivity contribution < 1.29 is 9.90 Å². The van der Waals surface area contributed by atoms with Gasteiger partial charge in [-0.25, -0.2) is 0 Å². The third-order valence-electron chi connectivity index (χ3n) is 4.93. The number of phenols is 1. The Bertz CT molecular complexity index is 1160. The van der Waals surface area contributed by atoms with Gasteiger partial charge in [-0.05, 0) is 43.2 Å². The summed E-state index contributed by atoms with van der Waals surface area (Å²) in [6, 6.07) is 14.9. The minimum Gasteiger partial charge on any atom is -0.508 e. The van der Waals surface area contributed by atoms with Gasteiger partial charge < -0.3 is 10.1 Å². The van der Waals surface area contributed by atoms with Crippen LogP contribution < -0.4 is 0 Å². The number of nitrogens with zero attached hydrogens (tertiary/aromatic N) is 3. The fraction of sp³-hybridized carbons (Fsp3) is 0.190. The minimum absolute atomic E-state index is 0.00370. The molecule has 1 aliphatic carbocycles. The number of benzene rings is 2. The molecule has 0 bridgehead atoms. The molecule has 28 heavy (non-hydrogen) atoms. The van der Waals surface area contributed by atoms with Crippen LogP contribution in [0.15, 0.2) is 59.9 Å². The monoisotopic (exact) mass is 390 g/mol. The summed E-state index contributed by atoms with van der Waals surface area (Å²) in [5, 5.41) is 20.1. The molecule has 140 valence electrons. The van der Waals surface area contributed by atoms with Crippen LogP contribution in [0.3, 0.4) is 0 Å². The highest BCUT2D eigenvalue weighted by molar-refractivity contribution is 7.99. The summed E-state index contributed by atoms with van der Waals surface area (Å²) >= 11 is 1.41. The van der Waals surface area contributed by atoms with Gasteiger partial charge in [-0.15, -0.1) is 10.2 Å². The normalized spacial score (nSPS) is 13.9. The van der Waals surface area contributed by atoms with Gasteiger partial charge in [0.1, 0.15) is 5.75 Å². The Labute approximate surface area is 165 Å². The molecule has 0 spiro atoms. The molecule has 0 atom stereocenters. The quantitative estimate of drug-likeness (QED) is 0.376. The third kappa shape index (κ3) is 3.07. The van der Waals surface area contributed by atoms with Gasteiger partial charge in [0, 0.05) is 34.3 Å². The smallest absolute Gasteiger partial charge is 0.192 e. The number of rotatable bonds is 6. The average molecular weight is 390 g/mol. The van der Waals surface area contributed by atoms with Crippen LogP contribution in [0.1, 0.15) is 29.2 Å². The average Bonchev–Trinajstić information content (AvgIpc) is 3.33. The van der Waals surface area contributed by atoms with Crippen molar-refractivity contribution in [1.29, 1.82) is 0 Å². The maximum Gasteiger partial charge on any atom is 0.192 e. The number of ketones is 1. The van der Waals surface area contributed by atoms with E-state index < -0.39 is 0 Å². The van der Waals surface area contributed by atoms with Crippen LogP contribution in [0.25, 0.3) is 22.3 Å². The molecule has 6 nitrogen and oxygen atoms in total. The van der Waals surface area contributed by atoms with Crippen molar-refractivity contribution in [2.24, 2.45) is 0 Å². The van der Waals surface area contributed by atoms with E-state index in [4.69, 9.17) is 0 Å². The molecule has 0 unspecified atom stereocenters. The standard InChI is InChI=1S/C21H18N4O2S/c26-15-9-5-13(6-10-15)19(27)12-28-21-24-23-20(25(21)14-7-8-14)17-11-22-18-4-2-1-3-16(17)18/h1-6,9-11,14,22,26H,7-8,12H2. The van der Waals surface area contributed by atoms with E-state index in [1.807, 2.05) is 24.4 Å². The Hall–Kier alpha value is -3.06. The van der Waals surface area contributed by atoms with E-state index in [1.165, 1.54) is 23.9 Å². The van der Waals surface area contributed by atoms with Gasteiger partial charge in [0.05, 0.1) is 5.75 Å². The Balaban J connectivity index is 1.43. The number of carbonyl (C=O) groups excluding carboxylic acids is 1. The second-order valence-corrected chi connectivity index (χ2v) is 7.86. The van der Waals surface area contributed by atoms with E-state index in [0.717, 1.165) is 40.3 Å². The molecule has 7 heteroatoms. The number of carbonyl (C=O) groups is 1. The van der Waals surface area contributed by atoms with E-state index in [0.29, 0.717) is 11.6 Å². The van der Waals surface area contributed by atoms with Crippen molar-refractivity contribution in [3.63, 3.8) is 0 Å². The summed E-state index contributed by atoms with van der Waals surface area (Å²) in [6.45, 7) is 0. The molecular weight excluding hydrogens is 372 g/mol. The second kappa shape index (κ2) is 6.83. The van der Waals surface area contributed by atoms with E-state index in [-0.39, 0.29) is 17.3 Å². The molecule has 1 fully saturated rings. The molecule has 2 heterocycles. The fourth-order valence-electron chi connectivity index (χ4n) is 3.34. The molecule has 4 aromatic rings. The number of aromatic hydroxyl groups is 1. The number of para-hydroxylation sites is 1. The summed E-state index contributed by atoms with van der Waals surface area (Å²) in [4.78, 5) is 15.8. The zero-order chi connectivity index (χ0) is 19.1. The number of thioether (sulfide) groups is 1. The van der Waals surface area contributed by atoms with Crippen molar-refractivity contribution in [3.05, 3.63) is 60.3 Å². The summed E-state index contributed by atoms with van der Waals surface area (Å²) in [6.07, 6.45) is 4.18. The summed E-state index contributed by atoms with van der Waals surface area (Å²) in [7, 11) is 0. The lowest BCUT2D eigenvalue weighted by Crippen LogP contribution is -2.05. The Kier molecular flexibility index (Phi) is 4.16. The van der Waals surface area contributed by atoms with Crippen LogP contribution in [0.2, 0.25) is 0 Å². The predicted octanol–water partition coefficient (Wildman–Crippen LogP) is 4.44. The van der Waals surface area contributed by atoms with E-state index in [9.17, 15) is 9.90 Å². The third-order valence-corrected chi connectivity index (χ3v) is 5.87. The van der Waals surface area contributed by atoms with Crippen molar-refractivity contribution in [2.75, 3.05) is 5.75 Å². The van der Waals surface area contributed by atoms with Gasteiger partial charge in [-0.1, -0.05) is 30.0 Å². The predicted molar refractivity (Wildman–Crippen MR) is 109 cm³/mol. The number of H-pyrrole nitrogens is 1. The number of aromatic amines is 1. The molecule has 0 aliphatic heterocycles. The van der Waals surface area contributed by atoms with Crippen LogP contribution in [0.5, 0.6) is 5.75 Å². The van der Waals surface area contributed by atoms with Gasteiger partial charge >= 0.3 is 0 Å². The SMILES string of the molecule is O=C(CSc1nnc(-c2c[nH]c3ccccc23)n1C1CC1)c1ccc(O)cc1. The highest BCUT2D eigenvalue weighted by Gasteiger charge is 2.31. The first-order valence-corrected chi connectivity index (χ1v) is 10.2. The topological polar surface area (TPSA) is 83.8 Å². The van der Waals surface area contributed by atoms with E-state index in [1.54, 1.807) is 12.1 Å². The van der Waals surface area contributed by atoms with Crippen LogP contribution in [-0.2, 0) is 0 Å². The van der Waals surface area contributed by atoms with Crippen molar-refractivity contribution in [2.45, 2.75) is 24.0 Å². The summed E-state index contributed by atoms with van der Waals surface area (Å²) in [5.74, 6) is 1.29. The number of hydrogen-bond donors (Lipinski definition) is 2. The maximum absolute atomic E-state index is 12.5. The number of phenolic OH excluding ortho intramolecular Hbond substituents is 1. The van der Waals surface area contributed by atoms with Gasteiger partial charge in [0.25, 0.3) is 0 Å². The first-order valence-electron chi connectivity index (χ1n) is 9.17. The van der Waals surface area contributed by atoms with Crippen molar-refractivity contribution >= 4 is 28.4 Å². The molecule has 0 radical (unpaired) electrons. The maximum atomic E-state index is 12.5. The molecule has 2 N–H and O–H groups in total. The number of hydrogen-bond acceptors (Lipinski definition) is 5. The molecular formula is C21H18N4O2S. The Morgan fingerprint density at radius 3 is 2.71 bits per heavy atom. The molecule has 2 aromatic heterocycles. The largest absolute Gasteiger partial charge is 0.508 e. The minimum atomic E-state index is 0.00370. The highest BCUT2D eigenvalue weighted by Crippen LogP contribution is 2.42. The zero-order valence-corrected chi connectivity index (χ0v) is 15.8. The summed E-state index contributed by atoms with van der Waals surface area (Å²) < 4.78 is 2.17. The molecule has 0 amide bonds. The van der Waals surface area contributed by atoms with Gasteiger partial charge in [0.15, 0.2) is 16.8 Å². The molecule has 2 aromatic carbocycles. The lowest BCUT2D eigenvalue weighted by atomic mass is 10.1. The van der Waals surface area contributed by atoms with Crippen molar-refractivity contribution in [3.8, 4) is 17.1 Å². The lowest BCUT2D eigenvalue weighted by Gasteiger charge is -2.08. The van der Waals surface area contributed by atoms with Gasteiger partial charge in [-0.3, -0.25) is 9.36 Å². The van der Waals surface area contributed by atoms with Crippen LogP contribution in [-0.4, -0.2) is 36.4 Å². The molecule has 1 saturated carbocycles.